The molecule has 5 heteroatoms. The molecule has 0 aliphatic heterocycles. The van der Waals surface area contributed by atoms with Crippen molar-refractivity contribution in [3.05, 3.63) is 0 Å². The number of aliphatic hydroxyl groups excluding tert-OH is 1. The van der Waals surface area contributed by atoms with Crippen molar-refractivity contribution in [2.45, 2.75) is 45.3 Å². The summed E-state index contributed by atoms with van der Waals surface area (Å²) in [5, 5.41) is 17.5. The number of esters is 1. The zero-order valence-electron chi connectivity index (χ0n) is 8.61. The predicted molar refractivity (Wildman–Crippen MR) is 48.7 cm³/mol. The summed E-state index contributed by atoms with van der Waals surface area (Å²) in [7, 11) is 0. The van der Waals surface area contributed by atoms with Crippen LogP contribution < -0.4 is 0 Å². The fourth-order valence-corrected chi connectivity index (χ4v) is 0.748. The highest BCUT2D eigenvalue weighted by Gasteiger charge is 2.23. The summed E-state index contributed by atoms with van der Waals surface area (Å²) in [4.78, 5) is 21.3. The molecule has 0 amide bonds. The van der Waals surface area contributed by atoms with Gasteiger partial charge in [-0.05, 0) is 27.2 Å². The van der Waals surface area contributed by atoms with Crippen molar-refractivity contribution < 1.29 is 24.5 Å². The zero-order chi connectivity index (χ0) is 11.4. The average Bonchev–Trinajstić information content (AvgIpc) is 1.96. The highest BCUT2D eigenvalue weighted by atomic mass is 16.6. The fraction of sp³-hybridized carbons (Fsp3) is 0.778. The third-order valence-electron chi connectivity index (χ3n) is 1.31. The molecule has 0 bridgehead atoms. The minimum Gasteiger partial charge on any atom is -0.481 e. The van der Waals surface area contributed by atoms with Crippen LogP contribution >= 0.6 is 0 Å². The number of hydrogen-bond acceptors (Lipinski definition) is 4. The monoisotopic (exact) mass is 204 g/mol. The Balaban J connectivity index is 3.94. The van der Waals surface area contributed by atoms with Gasteiger partial charge in [0, 0.05) is 6.42 Å². The normalized spacial score (nSPS) is 13.4. The van der Waals surface area contributed by atoms with E-state index in [0.29, 0.717) is 0 Å². The van der Waals surface area contributed by atoms with E-state index in [1.165, 1.54) is 0 Å². The minimum absolute atomic E-state index is 0.121. The van der Waals surface area contributed by atoms with E-state index >= 15 is 0 Å². The molecule has 1 atom stereocenters. The van der Waals surface area contributed by atoms with Crippen molar-refractivity contribution in [1.29, 1.82) is 0 Å². The molecular formula is C9H16O5. The van der Waals surface area contributed by atoms with Crippen LogP contribution in [0.1, 0.15) is 33.6 Å². The van der Waals surface area contributed by atoms with Gasteiger partial charge in [-0.3, -0.25) is 4.79 Å². The summed E-state index contributed by atoms with van der Waals surface area (Å²) in [5.41, 5.74) is -0.665. The summed E-state index contributed by atoms with van der Waals surface area (Å²) in [6.45, 7) is 5.03. The largest absolute Gasteiger partial charge is 0.481 e. The highest BCUT2D eigenvalue weighted by molar-refractivity contribution is 5.76. The van der Waals surface area contributed by atoms with Crippen molar-refractivity contribution in [3.63, 3.8) is 0 Å². The molecule has 14 heavy (non-hydrogen) atoms. The molecule has 2 N–H and O–H groups in total. The van der Waals surface area contributed by atoms with Gasteiger partial charge in [-0.25, -0.2) is 4.79 Å². The van der Waals surface area contributed by atoms with Crippen molar-refractivity contribution >= 4 is 11.9 Å². The Kier molecular flexibility index (Phi) is 4.56. The van der Waals surface area contributed by atoms with E-state index in [4.69, 9.17) is 9.84 Å². The molecule has 0 radical (unpaired) electrons. The Labute approximate surface area is 82.7 Å². The molecule has 0 aromatic carbocycles. The Bertz CT molecular complexity index is 216. The van der Waals surface area contributed by atoms with E-state index in [9.17, 15) is 14.7 Å². The SMILES string of the molecule is CC(C)(C)OC(=O)C(O)CCC(=O)O. The van der Waals surface area contributed by atoms with Crippen LogP contribution in [0.25, 0.3) is 0 Å². The average molecular weight is 204 g/mol. The number of ether oxygens (including phenoxy) is 1. The molecule has 0 aromatic heterocycles. The predicted octanol–water partition coefficient (Wildman–Crippen LogP) is 0.554. The van der Waals surface area contributed by atoms with E-state index in [2.05, 4.69) is 0 Å². The summed E-state index contributed by atoms with van der Waals surface area (Å²) in [6.07, 6.45) is -1.73. The maximum atomic E-state index is 11.1. The Morgan fingerprint density at radius 2 is 1.86 bits per heavy atom. The molecule has 0 aromatic rings. The Morgan fingerprint density at radius 1 is 1.36 bits per heavy atom. The molecule has 82 valence electrons. The molecule has 0 heterocycles. The molecule has 0 rings (SSSR count). The van der Waals surface area contributed by atoms with Gasteiger partial charge in [-0.1, -0.05) is 0 Å². The van der Waals surface area contributed by atoms with Crippen LogP contribution in [-0.2, 0) is 14.3 Å². The van der Waals surface area contributed by atoms with Gasteiger partial charge in [-0.15, -0.1) is 0 Å². The number of carboxylic acid groups (broad SMARTS) is 1. The van der Waals surface area contributed by atoms with E-state index in [-0.39, 0.29) is 12.8 Å². The van der Waals surface area contributed by atoms with E-state index in [1.54, 1.807) is 20.8 Å². The van der Waals surface area contributed by atoms with Gasteiger partial charge >= 0.3 is 11.9 Å². The molecule has 0 fully saturated rings. The lowest BCUT2D eigenvalue weighted by Crippen LogP contribution is -2.32. The number of carbonyl (C=O) groups excluding carboxylic acids is 1. The third kappa shape index (κ3) is 6.42. The Hall–Kier alpha value is -1.10. The number of carboxylic acids is 1. The molecule has 0 aliphatic rings. The first-order valence-electron chi connectivity index (χ1n) is 4.35. The summed E-state index contributed by atoms with van der Waals surface area (Å²) < 4.78 is 4.85. The number of aliphatic hydroxyl groups is 1. The smallest absolute Gasteiger partial charge is 0.335 e. The van der Waals surface area contributed by atoms with Crippen LogP contribution in [0.3, 0.4) is 0 Å². The van der Waals surface area contributed by atoms with Gasteiger partial charge in [0.1, 0.15) is 5.60 Å². The zero-order valence-corrected chi connectivity index (χ0v) is 8.61. The van der Waals surface area contributed by atoms with Crippen LogP contribution in [-0.4, -0.2) is 33.9 Å². The maximum Gasteiger partial charge on any atom is 0.335 e. The Morgan fingerprint density at radius 3 is 2.21 bits per heavy atom. The molecular weight excluding hydrogens is 188 g/mol. The lowest BCUT2D eigenvalue weighted by atomic mass is 10.1. The van der Waals surface area contributed by atoms with Crippen LogP contribution in [0, 0.1) is 0 Å². The first-order valence-corrected chi connectivity index (χ1v) is 4.35. The lowest BCUT2D eigenvalue weighted by molar-refractivity contribution is -0.165. The third-order valence-corrected chi connectivity index (χ3v) is 1.31. The maximum absolute atomic E-state index is 11.1. The topological polar surface area (TPSA) is 83.8 Å². The lowest BCUT2D eigenvalue weighted by Gasteiger charge is -2.21. The second-order valence-corrected chi connectivity index (χ2v) is 3.98. The van der Waals surface area contributed by atoms with Gasteiger partial charge in [0.05, 0.1) is 0 Å². The van der Waals surface area contributed by atoms with Gasteiger partial charge in [-0.2, -0.15) is 0 Å². The van der Waals surface area contributed by atoms with E-state index < -0.39 is 23.6 Å². The number of rotatable bonds is 4. The fourth-order valence-electron chi connectivity index (χ4n) is 0.748. The van der Waals surface area contributed by atoms with Gasteiger partial charge in [0.2, 0.25) is 0 Å². The number of hydrogen-bond donors (Lipinski definition) is 2. The molecule has 0 saturated carbocycles. The van der Waals surface area contributed by atoms with Crippen LogP contribution in [0.5, 0.6) is 0 Å². The number of carbonyl (C=O) groups is 2. The quantitative estimate of drug-likeness (QED) is 0.653. The first kappa shape index (κ1) is 12.9. The second-order valence-electron chi connectivity index (χ2n) is 3.98. The van der Waals surface area contributed by atoms with Gasteiger partial charge in [0.25, 0.3) is 0 Å². The van der Waals surface area contributed by atoms with Crippen molar-refractivity contribution in [2.24, 2.45) is 0 Å². The molecule has 0 saturated heterocycles. The molecule has 0 aliphatic carbocycles. The molecule has 1 unspecified atom stereocenters. The van der Waals surface area contributed by atoms with Crippen molar-refractivity contribution in [2.75, 3.05) is 0 Å². The van der Waals surface area contributed by atoms with Crippen LogP contribution in [0.15, 0.2) is 0 Å². The standard InChI is InChI=1S/C9H16O5/c1-9(2,3)14-8(13)6(10)4-5-7(11)12/h6,10H,4-5H2,1-3H3,(H,11,12). The highest BCUT2D eigenvalue weighted by Crippen LogP contribution is 2.10. The van der Waals surface area contributed by atoms with Crippen molar-refractivity contribution in [3.8, 4) is 0 Å². The van der Waals surface area contributed by atoms with Crippen LogP contribution in [0.2, 0.25) is 0 Å². The van der Waals surface area contributed by atoms with Gasteiger partial charge < -0.3 is 14.9 Å². The van der Waals surface area contributed by atoms with Gasteiger partial charge in [0.15, 0.2) is 6.10 Å². The first-order chi connectivity index (χ1) is 6.22. The van der Waals surface area contributed by atoms with E-state index in [1.807, 2.05) is 0 Å². The molecule has 5 nitrogen and oxygen atoms in total. The molecule has 0 spiro atoms. The second kappa shape index (κ2) is 4.95. The summed E-state index contributed by atoms with van der Waals surface area (Å²) in [5.74, 6) is -1.83. The van der Waals surface area contributed by atoms with Crippen molar-refractivity contribution in [1.82, 2.24) is 0 Å². The van der Waals surface area contributed by atoms with Crippen LogP contribution in [0.4, 0.5) is 0 Å². The number of aliphatic carboxylic acids is 1. The summed E-state index contributed by atoms with van der Waals surface area (Å²) >= 11 is 0. The minimum atomic E-state index is -1.36. The van der Waals surface area contributed by atoms with E-state index in [0.717, 1.165) is 0 Å². The summed E-state index contributed by atoms with van der Waals surface area (Å²) in [6, 6.07) is 0.